The van der Waals surface area contributed by atoms with E-state index in [1.807, 2.05) is 0 Å². The van der Waals surface area contributed by atoms with Crippen molar-refractivity contribution >= 4 is 26.2 Å². The zero-order chi connectivity index (χ0) is 28.8. The molecular formula is C29H32O9S2. The topological polar surface area (TPSA) is 133 Å². The van der Waals surface area contributed by atoms with Crippen LogP contribution in [0.25, 0.3) is 0 Å². The summed E-state index contributed by atoms with van der Waals surface area (Å²) in [5.41, 5.74) is 0.510. The molecule has 0 saturated heterocycles. The van der Waals surface area contributed by atoms with Crippen molar-refractivity contribution in [3.8, 4) is 17.2 Å². The first kappa shape index (κ1) is 29.4. The number of benzene rings is 3. The Balaban J connectivity index is 1.73. The van der Waals surface area contributed by atoms with E-state index in [1.54, 1.807) is 60.7 Å². The Bertz CT molecular complexity index is 1530. The van der Waals surface area contributed by atoms with Gasteiger partial charge in [0, 0.05) is 11.6 Å². The summed E-state index contributed by atoms with van der Waals surface area (Å²) in [4.78, 5) is 12.4. The molecule has 1 saturated carbocycles. The molecule has 1 aliphatic carbocycles. The molecule has 40 heavy (non-hydrogen) atoms. The van der Waals surface area contributed by atoms with Gasteiger partial charge in [0.05, 0.1) is 6.61 Å². The van der Waals surface area contributed by atoms with Gasteiger partial charge in [0.1, 0.15) is 22.8 Å². The van der Waals surface area contributed by atoms with Gasteiger partial charge in [-0.2, -0.15) is 16.8 Å². The minimum absolute atomic E-state index is 0.109. The average molecular weight is 589 g/mol. The highest BCUT2D eigenvalue weighted by molar-refractivity contribution is 7.86. The number of hydrogen-bond acceptors (Lipinski definition) is 8. The number of carboxylic acids is 1. The molecule has 1 fully saturated rings. The van der Waals surface area contributed by atoms with Crippen LogP contribution in [0.4, 0.5) is 0 Å². The number of carboxylic acid groups (broad SMARTS) is 1. The lowest BCUT2D eigenvalue weighted by molar-refractivity contribution is 0.0688. The lowest BCUT2D eigenvalue weighted by Gasteiger charge is -2.24. The molecule has 0 atom stereocenters. The second kappa shape index (κ2) is 12.7. The lowest BCUT2D eigenvalue weighted by Crippen LogP contribution is -2.20. The van der Waals surface area contributed by atoms with E-state index in [0.717, 1.165) is 38.2 Å². The lowest BCUT2D eigenvalue weighted by atomic mass is 9.90. The number of hydrogen-bond donors (Lipinski definition) is 1. The Morgan fingerprint density at radius 2 is 1.30 bits per heavy atom. The Kier molecular flexibility index (Phi) is 9.36. The van der Waals surface area contributed by atoms with E-state index in [0.29, 0.717) is 11.1 Å². The molecule has 0 heterocycles. The van der Waals surface area contributed by atoms with Crippen molar-refractivity contribution in [2.24, 2.45) is 5.92 Å². The maximum absolute atomic E-state index is 13.0. The number of ether oxygens (including phenoxy) is 1. The molecule has 214 valence electrons. The maximum atomic E-state index is 13.0. The standard InChI is InChI=1S/C29H32O9S2/c1-21-25(37-39(32,33)19-23-13-7-3-8-14-23)17-26(38-40(34,35)20-24-15-9-4-10-16-24)27(29(30)31)28(21)36-18-22-11-5-2-6-12-22/h3-4,7-10,13-17,22H,2,5-6,11-12,18-20H2,1H3,(H,30,31). The average Bonchev–Trinajstić information content (AvgIpc) is 2.90. The number of rotatable bonds is 12. The van der Waals surface area contributed by atoms with Crippen LogP contribution >= 0.6 is 0 Å². The Morgan fingerprint density at radius 3 is 1.80 bits per heavy atom. The van der Waals surface area contributed by atoms with Crippen molar-refractivity contribution < 1.29 is 39.8 Å². The third-order valence-electron chi connectivity index (χ3n) is 6.65. The van der Waals surface area contributed by atoms with Gasteiger partial charge in [0.25, 0.3) is 0 Å². The Morgan fingerprint density at radius 1 is 0.800 bits per heavy atom. The molecule has 0 aromatic heterocycles. The fourth-order valence-electron chi connectivity index (χ4n) is 4.69. The van der Waals surface area contributed by atoms with Crippen LogP contribution in [0.3, 0.4) is 0 Å². The molecule has 1 aliphatic rings. The first-order chi connectivity index (χ1) is 19.0. The van der Waals surface area contributed by atoms with Crippen LogP contribution in [-0.4, -0.2) is 34.5 Å². The van der Waals surface area contributed by atoms with Crippen molar-refractivity contribution in [3.05, 3.63) is 89.0 Å². The Hall–Kier alpha value is -3.57. The van der Waals surface area contributed by atoms with Gasteiger partial charge in [-0.05, 0) is 36.8 Å². The summed E-state index contributed by atoms with van der Waals surface area (Å²) < 4.78 is 68.5. The summed E-state index contributed by atoms with van der Waals surface area (Å²) in [5, 5.41) is 10.1. The van der Waals surface area contributed by atoms with E-state index in [-0.39, 0.29) is 29.6 Å². The summed E-state index contributed by atoms with van der Waals surface area (Å²) in [5.74, 6) is -3.31. The van der Waals surface area contributed by atoms with Crippen LogP contribution in [0.15, 0.2) is 66.7 Å². The van der Waals surface area contributed by atoms with E-state index >= 15 is 0 Å². The summed E-state index contributed by atoms with van der Waals surface area (Å²) in [7, 11) is -8.55. The molecule has 0 radical (unpaired) electrons. The highest BCUT2D eigenvalue weighted by Crippen LogP contribution is 2.41. The van der Waals surface area contributed by atoms with Gasteiger partial charge in [-0.25, -0.2) is 4.79 Å². The quantitative estimate of drug-likeness (QED) is 0.273. The maximum Gasteiger partial charge on any atom is 0.343 e. The highest BCUT2D eigenvalue weighted by atomic mass is 32.2. The van der Waals surface area contributed by atoms with Gasteiger partial charge in [-0.1, -0.05) is 79.9 Å². The van der Waals surface area contributed by atoms with Crippen molar-refractivity contribution in [3.63, 3.8) is 0 Å². The second-order valence-corrected chi connectivity index (χ2v) is 13.0. The summed E-state index contributed by atoms with van der Waals surface area (Å²) >= 11 is 0. The fraction of sp³-hybridized carbons (Fsp3) is 0.345. The molecule has 11 heteroatoms. The SMILES string of the molecule is Cc1c(OS(=O)(=O)Cc2ccccc2)cc(OS(=O)(=O)Cc2ccccc2)c(C(=O)O)c1OCC1CCCCC1. The van der Waals surface area contributed by atoms with Crippen LogP contribution in [0.2, 0.25) is 0 Å². The van der Waals surface area contributed by atoms with Crippen LogP contribution in [0.1, 0.15) is 59.2 Å². The van der Waals surface area contributed by atoms with Crippen LogP contribution in [0.5, 0.6) is 17.2 Å². The fourth-order valence-corrected chi connectivity index (χ4v) is 6.86. The highest BCUT2D eigenvalue weighted by Gasteiger charge is 2.30. The number of aromatic carboxylic acids is 1. The van der Waals surface area contributed by atoms with Crippen molar-refractivity contribution in [2.45, 2.75) is 50.5 Å². The molecule has 0 unspecified atom stereocenters. The minimum Gasteiger partial charge on any atom is -0.492 e. The molecule has 0 aliphatic heterocycles. The predicted molar refractivity (Wildman–Crippen MR) is 150 cm³/mol. The molecule has 4 rings (SSSR count). The van der Waals surface area contributed by atoms with Gasteiger partial charge in [0.2, 0.25) is 0 Å². The molecule has 3 aromatic carbocycles. The number of carbonyl (C=O) groups is 1. The van der Waals surface area contributed by atoms with Gasteiger partial charge < -0.3 is 18.2 Å². The summed E-state index contributed by atoms with van der Waals surface area (Å²) in [6.07, 6.45) is 5.02. The largest absolute Gasteiger partial charge is 0.492 e. The van der Waals surface area contributed by atoms with Crippen molar-refractivity contribution in [2.75, 3.05) is 6.61 Å². The van der Waals surface area contributed by atoms with Crippen molar-refractivity contribution in [1.82, 2.24) is 0 Å². The summed E-state index contributed by atoms with van der Waals surface area (Å²) in [6, 6.07) is 17.6. The van der Waals surface area contributed by atoms with Crippen LogP contribution in [-0.2, 0) is 31.7 Å². The normalized spacial score (nSPS) is 14.4. The summed E-state index contributed by atoms with van der Waals surface area (Å²) in [6.45, 7) is 1.66. The molecule has 0 bridgehead atoms. The molecule has 9 nitrogen and oxygen atoms in total. The first-order valence-electron chi connectivity index (χ1n) is 13.0. The molecule has 3 aromatic rings. The predicted octanol–water partition coefficient (Wildman–Crippen LogP) is 5.47. The molecular weight excluding hydrogens is 556 g/mol. The zero-order valence-corrected chi connectivity index (χ0v) is 23.7. The van der Waals surface area contributed by atoms with Crippen LogP contribution in [0, 0.1) is 12.8 Å². The van der Waals surface area contributed by atoms with Gasteiger partial charge >= 0.3 is 26.2 Å². The van der Waals surface area contributed by atoms with Gasteiger partial charge in [-0.15, -0.1) is 0 Å². The van der Waals surface area contributed by atoms with Crippen molar-refractivity contribution in [1.29, 1.82) is 0 Å². The third-order valence-corrected chi connectivity index (χ3v) is 8.89. The van der Waals surface area contributed by atoms with Gasteiger partial charge in [0.15, 0.2) is 11.5 Å². The smallest absolute Gasteiger partial charge is 0.343 e. The van der Waals surface area contributed by atoms with E-state index in [2.05, 4.69) is 0 Å². The van der Waals surface area contributed by atoms with E-state index in [4.69, 9.17) is 13.1 Å². The van der Waals surface area contributed by atoms with E-state index in [1.165, 1.54) is 6.92 Å². The molecule has 0 amide bonds. The van der Waals surface area contributed by atoms with E-state index in [9.17, 15) is 26.7 Å². The Labute approximate surface area is 235 Å². The second-order valence-electron chi connectivity index (χ2n) is 9.86. The van der Waals surface area contributed by atoms with Crippen LogP contribution < -0.4 is 13.1 Å². The van der Waals surface area contributed by atoms with Gasteiger partial charge in [-0.3, -0.25) is 0 Å². The molecule has 1 N–H and O–H groups in total. The third kappa shape index (κ3) is 7.98. The zero-order valence-electron chi connectivity index (χ0n) is 22.1. The van der Waals surface area contributed by atoms with E-state index < -0.39 is 49.0 Å². The first-order valence-corrected chi connectivity index (χ1v) is 16.1. The minimum atomic E-state index is -4.34. The monoisotopic (exact) mass is 588 g/mol. The molecule has 0 spiro atoms.